The Bertz CT molecular complexity index is 410. The Labute approximate surface area is 157 Å². The van der Waals surface area contributed by atoms with Crippen LogP contribution in [0.15, 0.2) is 0 Å². The third-order valence-corrected chi connectivity index (χ3v) is 3.32. The molecule has 0 heterocycles. The average molecular weight is 398 g/mol. The number of hydrogen-bond donors (Lipinski definition) is 6. The second-order valence-electron chi connectivity index (χ2n) is 6.49. The van der Waals surface area contributed by atoms with Gasteiger partial charge in [-0.3, -0.25) is 9.59 Å². The third kappa shape index (κ3) is 13.5. The number of rotatable bonds is 14. The van der Waals surface area contributed by atoms with Gasteiger partial charge in [-0.05, 0) is 13.8 Å². The van der Waals surface area contributed by atoms with Crippen LogP contribution >= 0.6 is 0 Å². The molecule has 0 aromatic rings. The van der Waals surface area contributed by atoms with Crippen molar-refractivity contribution in [2.75, 3.05) is 26.4 Å². The quantitative estimate of drug-likeness (QED) is 0.137. The lowest BCUT2D eigenvalue weighted by Crippen LogP contribution is -2.42. The molecule has 4 unspecified atom stereocenters. The van der Waals surface area contributed by atoms with E-state index in [2.05, 4.69) is 9.47 Å². The van der Waals surface area contributed by atoms with Gasteiger partial charge >= 0.3 is 11.9 Å². The molecule has 0 saturated heterocycles. The predicted octanol–water partition coefficient (Wildman–Crippen LogP) is -2.23. The summed E-state index contributed by atoms with van der Waals surface area (Å²) < 4.78 is 14.5. The van der Waals surface area contributed by atoms with Crippen molar-refractivity contribution in [2.24, 2.45) is 0 Å². The molecule has 11 heteroatoms. The van der Waals surface area contributed by atoms with Crippen molar-refractivity contribution in [2.45, 2.75) is 63.3 Å². The highest BCUT2D eigenvalue weighted by Gasteiger charge is 2.34. The molecule has 0 fully saturated rings. The molecule has 27 heavy (non-hydrogen) atoms. The number of ether oxygens (including phenoxy) is 3. The van der Waals surface area contributed by atoms with Gasteiger partial charge in [0.15, 0.2) is 11.6 Å². The minimum Gasteiger partial charge on any atom is -0.463 e. The summed E-state index contributed by atoms with van der Waals surface area (Å²) in [5.74, 6) is -5.29. The number of carbonyl (C=O) groups is 2. The van der Waals surface area contributed by atoms with E-state index in [1.54, 1.807) is 0 Å². The smallest absolute Gasteiger partial charge is 0.306 e. The van der Waals surface area contributed by atoms with Crippen molar-refractivity contribution >= 4 is 11.9 Å². The fourth-order valence-corrected chi connectivity index (χ4v) is 1.87. The Kier molecular flexibility index (Phi) is 11.6. The highest BCUT2D eigenvalue weighted by molar-refractivity contribution is 5.69. The fraction of sp³-hybridized carbons (Fsp3) is 0.875. The van der Waals surface area contributed by atoms with Crippen LogP contribution in [0.25, 0.3) is 0 Å². The van der Waals surface area contributed by atoms with E-state index in [1.807, 2.05) is 0 Å². The van der Waals surface area contributed by atoms with Crippen LogP contribution in [-0.2, 0) is 23.8 Å². The first kappa shape index (κ1) is 25.7. The van der Waals surface area contributed by atoms with Crippen LogP contribution in [0.3, 0.4) is 0 Å². The highest BCUT2D eigenvalue weighted by Crippen LogP contribution is 2.25. The maximum absolute atomic E-state index is 11.5. The fourth-order valence-electron chi connectivity index (χ4n) is 1.87. The summed E-state index contributed by atoms with van der Waals surface area (Å²) >= 11 is 0. The van der Waals surface area contributed by atoms with Gasteiger partial charge in [0.05, 0.1) is 26.1 Å². The molecule has 0 aliphatic heterocycles. The minimum atomic E-state index is -1.91. The van der Waals surface area contributed by atoms with Gasteiger partial charge in [0.1, 0.15) is 25.4 Å². The molecule has 0 aromatic carbocycles. The van der Waals surface area contributed by atoms with Gasteiger partial charge < -0.3 is 44.8 Å². The Morgan fingerprint density at radius 1 is 0.815 bits per heavy atom. The molecule has 0 rings (SSSR count). The Hall–Kier alpha value is -1.34. The molecule has 0 aliphatic carbocycles. The van der Waals surface area contributed by atoms with Gasteiger partial charge in [-0.1, -0.05) is 0 Å². The second kappa shape index (κ2) is 12.2. The van der Waals surface area contributed by atoms with E-state index in [4.69, 9.17) is 25.2 Å². The summed E-state index contributed by atoms with van der Waals surface area (Å²) in [4.78, 5) is 23.0. The van der Waals surface area contributed by atoms with E-state index >= 15 is 0 Å². The van der Waals surface area contributed by atoms with Crippen molar-refractivity contribution in [3.05, 3.63) is 0 Å². The molecule has 11 nitrogen and oxygen atoms in total. The van der Waals surface area contributed by atoms with Gasteiger partial charge in [0.25, 0.3) is 0 Å². The summed E-state index contributed by atoms with van der Waals surface area (Å²) in [7, 11) is 0. The predicted molar refractivity (Wildman–Crippen MR) is 88.9 cm³/mol. The lowest BCUT2D eigenvalue weighted by Gasteiger charge is -2.33. The van der Waals surface area contributed by atoms with Crippen LogP contribution < -0.4 is 0 Å². The lowest BCUT2D eigenvalue weighted by atomic mass is 10.1. The standard InChI is InChI=1S/C16H30O11/c1-15(23,5-3-13(21)25-9-11(19)7-17)27-16(2,24)6-4-14(22)26-10-12(20)8-18/h11-12,17-20,23-24H,3-10H2,1-2H3. The average Bonchev–Trinajstić information content (AvgIpc) is 2.59. The molecule has 0 bridgehead atoms. The second-order valence-corrected chi connectivity index (χ2v) is 6.49. The van der Waals surface area contributed by atoms with Crippen molar-refractivity contribution < 1.29 is 54.4 Å². The number of carbonyl (C=O) groups excluding carboxylic acids is 2. The normalized spacial score (nSPS) is 18.1. The summed E-state index contributed by atoms with van der Waals surface area (Å²) in [5, 5.41) is 55.7. The van der Waals surface area contributed by atoms with Crippen LogP contribution in [0.5, 0.6) is 0 Å². The van der Waals surface area contributed by atoms with Crippen LogP contribution in [0.1, 0.15) is 39.5 Å². The SMILES string of the molecule is CC(O)(CCC(=O)OCC(O)CO)OC(C)(O)CCC(=O)OCC(O)CO. The van der Waals surface area contributed by atoms with Crippen molar-refractivity contribution in [3.63, 3.8) is 0 Å². The largest absolute Gasteiger partial charge is 0.463 e. The lowest BCUT2D eigenvalue weighted by molar-refractivity contribution is -0.323. The van der Waals surface area contributed by atoms with Crippen LogP contribution in [0.2, 0.25) is 0 Å². The van der Waals surface area contributed by atoms with Gasteiger partial charge in [-0.2, -0.15) is 0 Å². The summed E-state index contributed by atoms with van der Waals surface area (Å²) in [5.41, 5.74) is 0. The molecule has 4 atom stereocenters. The topological polar surface area (TPSA) is 183 Å². The molecule has 0 saturated carbocycles. The van der Waals surface area contributed by atoms with E-state index in [9.17, 15) is 19.8 Å². The molecule has 0 amide bonds. The Morgan fingerprint density at radius 3 is 1.44 bits per heavy atom. The number of aliphatic hydroxyl groups is 6. The van der Waals surface area contributed by atoms with Crippen molar-refractivity contribution in [3.8, 4) is 0 Å². The number of hydrogen-bond acceptors (Lipinski definition) is 11. The van der Waals surface area contributed by atoms with E-state index in [0.29, 0.717) is 0 Å². The number of esters is 2. The highest BCUT2D eigenvalue weighted by atomic mass is 16.7. The minimum absolute atomic E-state index is 0.232. The summed E-state index contributed by atoms with van der Waals surface area (Å²) in [6, 6.07) is 0. The molecule has 6 N–H and O–H groups in total. The summed E-state index contributed by atoms with van der Waals surface area (Å²) in [6.07, 6.45) is -3.39. The molecule has 0 spiro atoms. The molecule has 0 aliphatic rings. The first-order chi connectivity index (χ1) is 12.4. The maximum atomic E-state index is 11.5. The van der Waals surface area contributed by atoms with E-state index in [-0.39, 0.29) is 38.9 Å². The van der Waals surface area contributed by atoms with E-state index < -0.39 is 48.9 Å². The van der Waals surface area contributed by atoms with Gasteiger partial charge in [0, 0.05) is 12.8 Å². The molecule has 160 valence electrons. The van der Waals surface area contributed by atoms with Crippen LogP contribution in [0.4, 0.5) is 0 Å². The molecule has 0 radical (unpaired) electrons. The Balaban J connectivity index is 4.27. The zero-order chi connectivity index (χ0) is 21.1. The third-order valence-electron chi connectivity index (χ3n) is 3.32. The van der Waals surface area contributed by atoms with E-state index in [0.717, 1.165) is 0 Å². The van der Waals surface area contributed by atoms with Gasteiger partial charge in [-0.15, -0.1) is 0 Å². The zero-order valence-corrected chi connectivity index (χ0v) is 15.5. The Morgan fingerprint density at radius 2 is 1.15 bits per heavy atom. The molecular weight excluding hydrogens is 368 g/mol. The zero-order valence-electron chi connectivity index (χ0n) is 15.5. The first-order valence-corrected chi connectivity index (χ1v) is 8.45. The van der Waals surface area contributed by atoms with E-state index in [1.165, 1.54) is 13.8 Å². The maximum Gasteiger partial charge on any atom is 0.306 e. The van der Waals surface area contributed by atoms with Crippen molar-refractivity contribution in [1.82, 2.24) is 0 Å². The first-order valence-electron chi connectivity index (χ1n) is 8.45. The van der Waals surface area contributed by atoms with Gasteiger partial charge in [0.2, 0.25) is 0 Å². The van der Waals surface area contributed by atoms with Crippen LogP contribution in [-0.4, -0.2) is 92.8 Å². The monoisotopic (exact) mass is 398 g/mol. The molecule has 0 aromatic heterocycles. The van der Waals surface area contributed by atoms with Crippen molar-refractivity contribution in [1.29, 1.82) is 0 Å². The number of aliphatic hydroxyl groups excluding tert-OH is 4. The van der Waals surface area contributed by atoms with Crippen LogP contribution in [0, 0.1) is 0 Å². The van der Waals surface area contributed by atoms with Gasteiger partial charge in [-0.25, -0.2) is 0 Å². The summed E-state index contributed by atoms with van der Waals surface area (Å²) in [6.45, 7) is 0.545. The molecular formula is C16H30O11.